The maximum atomic E-state index is 13.5. The number of rotatable bonds is 47. The topological polar surface area (TPSA) is 111 Å². The smallest absolute Gasteiger partial charge is 0.456 e. The van der Waals surface area contributed by atoms with Crippen LogP contribution in [0.25, 0.3) is 0 Å². The van der Waals surface area contributed by atoms with E-state index in [0.29, 0.717) is 23.9 Å². The lowest BCUT2D eigenvalue weighted by molar-refractivity contribution is -0.870. The zero-order chi connectivity index (χ0) is 50.8. The number of carbonyl (C=O) groups excluding carboxylic acids is 2. The Morgan fingerprint density at radius 2 is 1.01 bits per heavy atom. The number of hydrogen-bond donors (Lipinski definition) is 2. The van der Waals surface area contributed by atoms with Crippen LogP contribution in [0.3, 0.4) is 0 Å². The Labute approximate surface area is 423 Å². The number of likely N-dealkylation sites (N-methyl/N-ethyl adjacent to an activating group) is 1. The molecule has 0 aromatic carbocycles. The number of carbonyl (C=O) groups is 2. The first-order chi connectivity index (χ1) is 33.4. The van der Waals surface area contributed by atoms with Crippen LogP contribution in [0, 0.1) is 0 Å². The Morgan fingerprint density at radius 1 is 0.536 bits per heavy atom. The van der Waals surface area contributed by atoms with Crippen molar-refractivity contribution in [2.75, 3.05) is 40.9 Å². The van der Waals surface area contributed by atoms with Gasteiger partial charge in [0.15, 0.2) is 0 Å². The van der Waals surface area contributed by atoms with E-state index < -0.39 is 20.0 Å². The maximum absolute atomic E-state index is 13.5. The van der Waals surface area contributed by atoms with Gasteiger partial charge in [-0.3, -0.25) is 18.6 Å². The van der Waals surface area contributed by atoms with E-state index in [9.17, 15) is 19.0 Å². The van der Waals surface area contributed by atoms with Crippen molar-refractivity contribution in [2.45, 2.75) is 213 Å². The number of quaternary nitrogens is 1. The summed E-state index contributed by atoms with van der Waals surface area (Å²) in [7, 11) is 1.43. The first-order valence-electron chi connectivity index (χ1n) is 27.2. The zero-order valence-electron chi connectivity index (χ0n) is 44.8. The van der Waals surface area contributed by atoms with Crippen LogP contribution in [0.1, 0.15) is 201 Å². The maximum Gasteiger partial charge on any atom is 0.472 e. The summed E-state index contributed by atoms with van der Waals surface area (Å²) in [6.45, 7) is 6.67. The second-order valence-electron chi connectivity index (χ2n) is 19.0. The van der Waals surface area contributed by atoms with E-state index in [-0.39, 0.29) is 37.9 Å². The average Bonchev–Trinajstić information content (AvgIpc) is 3.31. The molecule has 0 rings (SSSR count). The van der Waals surface area contributed by atoms with Crippen LogP contribution in [-0.2, 0) is 27.9 Å². The monoisotopic (exact) mass is 982 g/mol. The van der Waals surface area contributed by atoms with Crippen molar-refractivity contribution < 1.29 is 37.3 Å². The Kier molecular flexibility index (Phi) is 46.0. The van der Waals surface area contributed by atoms with E-state index in [1.807, 2.05) is 39.4 Å². The summed E-state index contributed by atoms with van der Waals surface area (Å²) in [5.74, 6) is -0.608. The van der Waals surface area contributed by atoms with Gasteiger partial charge < -0.3 is 19.4 Å². The molecule has 9 nitrogen and oxygen atoms in total. The molecule has 394 valence electrons. The SMILES string of the molecule is CC/C=C\C/C=C\C/C=C\C/C=C\C/C=C\CCCC(=O)NC(COP(=O)(O)OCC[N+](C)(C)C)C(/C=C\CCCCCCCCCCCCC)OC(=O)CCCCCCC\C=C/C=C/C=C/CC. The molecule has 0 fully saturated rings. The molecule has 3 atom stereocenters. The fourth-order valence-corrected chi connectivity index (χ4v) is 7.83. The summed E-state index contributed by atoms with van der Waals surface area (Å²) in [5.41, 5.74) is 0. The normalized spacial score (nSPS) is 14.7. The van der Waals surface area contributed by atoms with E-state index in [4.69, 9.17) is 13.8 Å². The third kappa shape index (κ3) is 49.4. The number of unbranched alkanes of at least 4 members (excludes halogenated alkanes) is 17. The zero-order valence-corrected chi connectivity index (χ0v) is 45.7. The predicted octanol–water partition coefficient (Wildman–Crippen LogP) is 16.2. The van der Waals surface area contributed by atoms with Gasteiger partial charge in [-0.2, -0.15) is 0 Å². The van der Waals surface area contributed by atoms with Gasteiger partial charge in [0, 0.05) is 12.8 Å². The number of hydrogen-bond acceptors (Lipinski definition) is 6. The van der Waals surface area contributed by atoms with Crippen LogP contribution in [0.15, 0.2) is 109 Å². The minimum atomic E-state index is -4.47. The van der Waals surface area contributed by atoms with E-state index in [1.165, 1.54) is 57.8 Å². The van der Waals surface area contributed by atoms with E-state index in [1.54, 1.807) is 0 Å². The number of amides is 1. The lowest BCUT2D eigenvalue weighted by Gasteiger charge is -2.27. The highest BCUT2D eigenvalue weighted by molar-refractivity contribution is 7.47. The van der Waals surface area contributed by atoms with E-state index in [0.717, 1.165) is 96.3 Å². The number of phosphoric acid groups is 1. The quantitative estimate of drug-likeness (QED) is 0.0156. The minimum absolute atomic E-state index is 0.0202. The number of allylic oxidation sites excluding steroid dienone is 17. The first-order valence-corrected chi connectivity index (χ1v) is 28.7. The summed E-state index contributed by atoms with van der Waals surface area (Å²) in [5, 5.41) is 3.00. The summed E-state index contributed by atoms with van der Waals surface area (Å²) >= 11 is 0. The molecule has 0 radical (unpaired) electrons. The Balaban J connectivity index is 5.55. The van der Waals surface area contributed by atoms with Crippen LogP contribution in [0.5, 0.6) is 0 Å². The van der Waals surface area contributed by atoms with Crippen molar-refractivity contribution in [3.63, 3.8) is 0 Å². The Bertz CT molecular complexity index is 1550. The molecule has 0 saturated heterocycles. The van der Waals surface area contributed by atoms with Gasteiger partial charge in [-0.25, -0.2) is 4.57 Å². The molecule has 3 unspecified atom stereocenters. The molecular formula is C59H102N2O7P+. The molecule has 2 N–H and O–H groups in total. The molecule has 0 aliphatic heterocycles. The van der Waals surface area contributed by atoms with Crippen molar-refractivity contribution in [3.8, 4) is 0 Å². The second kappa shape index (κ2) is 48.3. The lowest BCUT2D eigenvalue weighted by Crippen LogP contribution is -2.47. The summed E-state index contributed by atoms with van der Waals surface area (Å²) in [6, 6.07) is -0.892. The van der Waals surface area contributed by atoms with Crippen molar-refractivity contribution in [1.29, 1.82) is 0 Å². The van der Waals surface area contributed by atoms with Gasteiger partial charge in [-0.05, 0) is 89.5 Å². The van der Waals surface area contributed by atoms with Crippen molar-refractivity contribution in [2.24, 2.45) is 0 Å². The number of ether oxygens (including phenoxy) is 1. The van der Waals surface area contributed by atoms with Gasteiger partial charge in [0.05, 0.1) is 33.8 Å². The molecule has 0 aromatic heterocycles. The lowest BCUT2D eigenvalue weighted by atomic mass is 10.0. The number of nitrogens with one attached hydrogen (secondary N) is 1. The van der Waals surface area contributed by atoms with E-state index >= 15 is 0 Å². The number of phosphoric ester groups is 1. The molecule has 0 bridgehead atoms. The van der Waals surface area contributed by atoms with E-state index in [2.05, 4.69) is 117 Å². The Morgan fingerprint density at radius 3 is 1.57 bits per heavy atom. The van der Waals surface area contributed by atoms with Gasteiger partial charge in [0.1, 0.15) is 19.3 Å². The summed E-state index contributed by atoms with van der Waals surface area (Å²) in [6.07, 6.45) is 65.2. The van der Waals surface area contributed by atoms with Crippen LogP contribution < -0.4 is 5.32 Å². The number of nitrogens with zero attached hydrogens (tertiary/aromatic N) is 1. The van der Waals surface area contributed by atoms with Gasteiger partial charge in [0.2, 0.25) is 5.91 Å². The molecule has 0 aliphatic rings. The Hall–Kier alpha value is -3.33. The third-order valence-corrected chi connectivity index (χ3v) is 12.3. The molecule has 69 heavy (non-hydrogen) atoms. The minimum Gasteiger partial charge on any atom is -0.456 e. The molecule has 0 aromatic rings. The molecule has 0 spiro atoms. The van der Waals surface area contributed by atoms with Gasteiger partial charge in [-0.1, -0.05) is 208 Å². The third-order valence-electron chi connectivity index (χ3n) is 11.3. The number of esters is 1. The van der Waals surface area contributed by atoms with Crippen LogP contribution in [0.2, 0.25) is 0 Å². The van der Waals surface area contributed by atoms with Gasteiger partial charge in [-0.15, -0.1) is 0 Å². The fraction of sp³-hybridized carbons (Fsp3) is 0.661. The second-order valence-corrected chi connectivity index (χ2v) is 20.5. The van der Waals surface area contributed by atoms with Crippen LogP contribution in [0.4, 0.5) is 0 Å². The van der Waals surface area contributed by atoms with Crippen LogP contribution in [-0.4, -0.2) is 74.3 Å². The average molecular weight is 982 g/mol. The molecular weight excluding hydrogens is 880 g/mol. The van der Waals surface area contributed by atoms with Crippen molar-refractivity contribution in [1.82, 2.24) is 5.32 Å². The summed E-state index contributed by atoms with van der Waals surface area (Å²) in [4.78, 5) is 37.5. The molecule has 0 heterocycles. The molecule has 0 aliphatic carbocycles. The largest absolute Gasteiger partial charge is 0.472 e. The molecule has 0 saturated carbocycles. The molecule has 10 heteroatoms. The highest BCUT2D eigenvalue weighted by Crippen LogP contribution is 2.43. The van der Waals surface area contributed by atoms with Crippen molar-refractivity contribution in [3.05, 3.63) is 109 Å². The predicted molar refractivity (Wildman–Crippen MR) is 295 cm³/mol. The first kappa shape index (κ1) is 65.7. The highest BCUT2D eigenvalue weighted by Gasteiger charge is 2.30. The molecule has 1 amide bonds. The van der Waals surface area contributed by atoms with Crippen molar-refractivity contribution >= 4 is 19.7 Å². The van der Waals surface area contributed by atoms with Gasteiger partial charge in [0.25, 0.3) is 0 Å². The van der Waals surface area contributed by atoms with Crippen LogP contribution >= 0.6 is 7.82 Å². The fourth-order valence-electron chi connectivity index (χ4n) is 7.09. The highest BCUT2D eigenvalue weighted by atomic mass is 31.2. The summed E-state index contributed by atoms with van der Waals surface area (Å²) < 4.78 is 30.5. The van der Waals surface area contributed by atoms with Gasteiger partial charge >= 0.3 is 13.8 Å². The standard InChI is InChI=1S/C59H101N2O7P/c1-7-10-13-16-19-22-25-28-29-30-31-34-36-39-42-45-48-51-58(62)60-56(55-67-69(64,65)66-54-53-61(4,5)6)57(50-47-44-41-38-35-32-26-23-20-17-14-11-8-2)68-59(63)52-49-46-43-40-37-33-27-24-21-18-15-12-9-3/h10,12-13,15,18-19,21-22,24,27-29,31,34,39,42,47,50,56-57H,7-9,11,14,16-17,20,23,25-26,30,32-33,35-38,40-41,43-46,48-49,51-55H2,1-6H3,(H-,60,62,64,65)/p+1/b13-10-,15-12+,21-18+,22-19-,27-24-,29-28-,34-31-,42-39-,50-47-.